The van der Waals surface area contributed by atoms with Crippen LogP contribution in [0.25, 0.3) is 0 Å². The van der Waals surface area contributed by atoms with E-state index in [1.807, 2.05) is 18.2 Å². The van der Waals surface area contributed by atoms with Crippen LogP contribution < -0.4 is 4.90 Å². The highest BCUT2D eigenvalue weighted by Gasteiger charge is 2.26. The van der Waals surface area contributed by atoms with Gasteiger partial charge in [-0.1, -0.05) is 18.5 Å². The van der Waals surface area contributed by atoms with Gasteiger partial charge in [0.05, 0.1) is 5.02 Å². The lowest BCUT2D eigenvalue weighted by molar-refractivity contribution is 0.101. The number of nitrogens with zero attached hydrogens (tertiary/aromatic N) is 1. The lowest BCUT2D eigenvalue weighted by atomic mass is 10.1. The van der Waals surface area contributed by atoms with Crippen molar-refractivity contribution in [1.29, 1.82) is 0 Å². The van der Waals surface area contributed by atoms with Crippen molar-refractivity contribution in [3.05, 3.63) is 28.8 Å². The third kappa shape index (κ3) is 2.47. The van der Waals surface area contributed by atoms with Crippen molar-refractivity contribution in [2.24, 2.45) is 5.92 Å². The Kier molecular flexibility index (Phi) is 3.43. The summed E-state index contributed by atoms with van der Waals surface area (Å²) in [7, 11) is 0. The highest BCUT2D eigenvalue weighted by atomic mass is 35.5. The van der Waals surface area contributed by atoms with Crippen LogP contribution in [0.2, 0.25) is 5.02 Å². The molecule has 0 N–H and O–H groups in total. The van der Waals surface area contributed by atoms with Crippen molar-refractivity contribution in [2.75, 3.05) is 11.4 Å². The summed E-state index contributed by atoms with van der Waals surface area (Å²) >= 11 is 6.14. The first-order valence-electron chi connectivity index (χ1n) is 6.06. The number of Topliss-reactive ketones (excluding diaryl/α,β-unsaturated/α-hetero) is 1. The molecule has 0 aliphatic carbocycles. The molecule has 1 aromatic rings. The van der Waals surface area contributed by atoms with Crippen LogP contribution in [0.15, 0.2) is 18.2 Å². The minimum Gasteiger partial charge on any atom is -0.369 e. The van der Waals surface area contributed by atoms with Gasteiger partial charge in [0.15, 0.2) is 5.78 Å². The van der Waals surface area contributed by atoms with E-state index in [0.29, 0.717) is 16.6 Å². The molecule has 0 aromatic heterocycles. The second-order valence-corrected chi connectivity index (χ2v) is 5.47. The molecule has 1 aliphatic heterocycles. The zero-order valence-electron chi connectivity index (χ0n) is 10.5. The Morgan fingerprint density at radius 2 is 2.12 bits per heavy atom. The second kappa shape index (κ2) is 4.69. The van der Waals surface area contributed by atoms with Gasteiger partial charge in [0.25, 0.3) is 0 Å². The van der Waals surface area contributed by atoms with Crippen molar-refractivity contribution < 1.29 is 4.79 Å². The fraction of sp³-hybridized carbons (Fsp3) is 0.500. The van der Waals surface area contributed by atoms with E-state index >= 15 is 0 Å². The number of ketones is 1. The lowest BCUT2D eigenvalue weighted by Crippen LogP contribution is -2.26. The van der Waals surface area contributed by atoms with E-state index < -0.39 is 0 Å². The van der Waals surface area contributed by atoms with E-state index in [1.54, 1.807) is 6.92 Å². The summed E-state index contributed by atoms with van der Waals surface area (Å²) in [6.45, 7) is 7.11. The number of carbonyl (C=O) groups is 1. The SMILES string of the molecule is CC(=O)c1ccc(N2CC(C)CC2C)cc1Cl. The molecule has 1 saturated heterocycles. The number of anilines is 1. The van der Waals surface area contributed by atoms with Gasteiger partial charge in [0, 0.05) is 23.8 Å². The first-order chi connectivity index (χ1) is 7.99. The minimum absolute atomic E-state index is 0.0180. The summed E-state index contributed by atoms with van der Waals surface area (Å²) in [5.74, 6) is 0.737. The monoisotopic (exact) mass is 251 g/mol. The molecule has 1 aliphatic rings. The Bertz CT molecular complexity index is 444. The van der Waals surface area contributed by atoms with Gasteiger partial charge in [-0.25, -0.2) is 0 Å². The predicted molar refractivity (Wildman–Crippen MR) is 72.0 cm³/mol. The van der Waals surface area contributed by atoms with E-state index in [1.165, 1.54) is 6.42 Å². The maximum atomic E-state index is 11.3. The summed E-state index contributed by atoms with van der Waals surface area (Å²) in [6, 6.07) is 6.28. The normalized spacial score (nSPS) is 24.1. The van der Waals surface area contributed by atoms with Crippen molar-refractivity contribution in [3.63, 3.8) is 0 Å². The van der Waals surface area contributed by atoms with Gasteiger partial charge in [-0.3, -0.25) is 4.79 Å². The Morgan fingerprint density at radius 3 is 2.59 bits per heavy atom. The van der Waals surface area contributed by atoms with Crippen LogP contribution in [0.1, 0.15) is 37.6 Å². The maximum absolute atomic E-state index is 11.3. The zero-order chi connectivity index (χ0) is 12.6. The number of rotatable bonds is 2. The van der Waals surface area contributed by atoms with Crippen molar-refractivity contribution in [1.82, 2.24) is 0 Å². The van der Waals surface area contributed by atoms with Gasteiger partial charge < -0.3 is 4.90 Å². The second-order valence-electron chi connectivity index (χ2n) is 5.06. The lowest BCUT2D eigenvalue weighted by Gasteiger charge is -2.24. The third-order valence-electron chi connectivity index (χ3n) is 3.45. The molecule has 0 amide bonds. The van der Waals surface area contributed by atoms with E-state index in [-0.39, 0.29) is 5.78 Å². The zero-order valence-corrected chi connectivity index (χ0v) is 11.3. The van der Waals surface area contributed by atoms with Gasteiger partial charge in [-0.2, -0.15) is 0 Å². The summed E-state index contributed by atoms with van der Waals surface area (Å²) in [5, 5.41) is 0.557. The van der Waals surface area contributed by atoms with Crippen LogP contribution in [-0.2, 0) is 0 Å². The van der Waals surface area contributed by atoms with Crippen molar-refractivity contribution in [2.45, 2.75) is 33.2 Å². The van der Waals surface area contributed by atoms with Gasteiger partial charge in [-0.15, -0.1) is 0 Å². The first kappa shape index (κ1) is 12.4. The molecular formula is C14H18ClNO. The highest BCUT2D eigenvalue weighted by Crippen LogP contribution is 2.31. The molecule has 2 atom stereocenters. The van der Waals surface area contributed by atoms with Gasteiger partial charge in [0.1, 0.15) is 0 Å². The van der Waals surface area contributed by atoms with Gasteiger partial charge >= 0.3 is 0 Å². The summed E-state index contributed by atoms with van der Waals surface area (Å²) in [6.07, 6.45) is 1.21. The number of hydrogen-bond acceptors (Lipinski definition) is 2. The van der Waals surface area contributed by atoms with Crippen molar-refractivity contribution in [3.8, 4) is 0 Å². The average molecular weight is 252 g/mol. The number of hydrogen-bond donors (Lipinski definition) is 0. The fourth-order valence-electron chi connectivity index (χ4n) is 2.63. The molecule has 1 aromatic carbocycles. The predicted octanol–water partition coefficient (Wildman–Crippen LogP) is 3.78. The van der Waals surface area contributed by atoms with Crippen LogP contribution in [-0.4, -0.2) is 18.4 Å². The average Bonchev–Trinajstić information content (AvgIpc) is 2.57. The topological polar surface area (TPSA) is 20.3 Å². The molecule has 0 bridgehead atoms. The highest BCUT2D eigenvalue weighted by molar-refractivity contribution is 6.34. The van der Waals surface area contributed by atoms with E-state index in [2.05, 4.69) is 18.7 Å². The van der Waals surface area contributed by atoms with Crippen LogP contribution in [0.4, 0.5) is 5.69 Å². The molecule has 0 spiro atoms. The molecule has 2 unspecified atom stereocenters. The summed E-state index contributed by atoms with van der Waals surface area (Å²) in [4.78, 5) is 13.7. The number of carbonyl (C=O) groups excluding carboxylic acids is 1. The fourth-order valence-corrected chi connectivity index (χ4v) is 2.94. The Hall–Kier alpha value is -1.02. The Labute approximate surface area is 108 Å². The van der Waals surface area contributed by atoms with E-state index in [0.717, 1.165) is 18.2 Å². The number of benzene rings is 1. The maximum Gasteiger partial charge on any atom is 0.161 e. The molecular weight excluding hydrogens is 234 g/mol. The molecule has 0 radical (unpaired) electrons. The third-order valence-corrected chi connectivity index (χ3v) is 3.76. The largest absolute Gasteiger partial charge is 0.369 e. The van der Waals surface area contributed by atoms with E-state index in [9.17, 15) is 4.79 Å². The molecule has 92 valence electrons. The quantitative estimate of drug-likeness (QED) is 0.746. The summed E-state index contributed by atoms with van der Waals surface area (Å²) in [5.41, 5.74) is 1.73. The Morgan fingerprint density at radius 1 is 1.41 bits per heavy atom. The molecule has 2 rings (SSSR count). The van der Waals surface area contributed by atoms with Crippen LogP contribution >= 0.6 is 11.6 Å². The van der Waals surface area contributed by atoms with Crippen LogP contribution in [0.3, 0.4) is 0 Å². The molecule has 17 heavy (non-hydrogen) atoms. The van der Waals surface area contributed by atoms with E-state index in [4.69, 9.17) is 11.6 Å². The van der Waals surface area contributed by atoms with Gasteiger partial charge in [-0.05, 0) is 44.4 Å². The van der Waals surface area contributed by atoms with Crippen molar-refractivity contribution >= 4 is 23.1 Å². The molecule has 0 saturated carbocycles. The molecule has 1 fully saturated rings. The molecule has 1 heterocycles. The summed E-state index contributed by atoms with van der Waals surface area (Å²) < 4.78 is 0. The van der Waals surface area contributed by atoms with Gasteiger partial charge in [0.2, 0.25) is 0 Å². The number of halogens is 1. The van der Waals surface area contributed by atoms with Crippen LogP contribution in [0, 0.1) is 5.92 Å². The molecule has 2 nitrogen and oxygen atoms in total. The molecule has 3 heteroatoms. The first-order valence-corrected chi connectivity index (χ1v) is 6.44. The van der Waals surface area contributed by atoms with Crippen LogP contribution in [0.5, 0.6) is 0 Å². The smallest absolute Gasteiger partial charge is 0.161 e. The standard InChI is InChI=1S/C14H18ClNO/c1-9-6-10(2)16(8-9)12-4-5-13(11(3)17)14(15)7-12/h4-5,7,9-10H,6,8H2,1-3H3. The Balaban J connectivity index is 2.29. The minimum atomic E-state index is 0.0180.